The molecule has 0 aliphatic heterocycles. The van der Waals surface area contributed by atoms with E-state index in [1.165, 1.54) is 0 Å². The maximum atomic E-state index is 11.8. The van der Waals surface area contributed by atoms with Gasteiger partial charge in [-0.2, -0.15) is 0 Å². The summed E-state index contributed by atoms with van der Waals surface area (Å²) in [4.78, 5) is 16.0. The summed E-state index contributed by atoms with van der Waals surface area (Å²) in [6.07, 6.45) is 2.30. The van der Waals surface area contributed by atoms with Gasteiger partial charge in [-0.1, -0.05) is 42.5 Å². The van der Waals surface area contributed by atoms with Crippen LogP contribution in [0.3, 0.4) is 0 Å². The van der Waals surface area contributed by atoms with Crippen LogP contribution in [0.15, 0.2) is 65.2 Å². The maximum absolute atomic E-state index is 11.8. The highest BCUT2D eigenvalue weighted by Gasteiger charge is 2.09. The lowest BCUT2D eigenvalue weighted by Crippen LogP contribution is -2.12. The molecular formula is C21H21NO4. The first kappa shape index (κ1) is 17.7. The van der Waals surface area contributed by atoms with Gasteiger partial charge in [0.25, 0.3) is 0 Å². The molecule has 5 heteroatoms. The van der Waals surface area contributed by atoms with Gasteiger partial charge >= 0.3 is 5.97 Å². The molecule has 1 heterocycles. The number of esters is 1. The number of benzene rings is 2. The Morgan fingerprint density at radius 2 is 1.92 bits per heavy atom. The summed E-state index contributed by atoms with van der Waals surface area (Å²) in [5.74, 6) is 1.70. The van der Waals surface area contributed by atoms with Crippen LogP contribution in [0, 0.1) is 6.92 Å². The van der Waals surface area contributed by atoms with E-state index >= 15 is 0 Å². The fourth-order valence-electron chi connectivity index (χ4n) is 2.46. The van der Waals surface area contributed by atoms with E-state index in [0.29, 0.717) is 24.7 Å². The molecule has 0 aliphatic carbocycles. The smallest absolute Gasteiger partial charge is 0.306 e. The van der Waals surface area contributed by atoms with E-state index in [1.54, 1.807) is 6.20 Å². The van der Waals surface area contributed by atoms with Crippen LogP contribution in [0.25, 0.3) is 11.3 Å². The van der Waals surface area contributed by atoms with Gasteiger partial charge in [0.1, 0.15) is 19.0 Å². The number of aromatic nitrogens is 1. The van der Waals surface area contributed by atoms with Crippen molar-refractivity contribution in [1.29, 1.82) is 0 Å². The van der Waals surface area contributed by atoms with Crippen molar-refractivity contribution in [2.24, 2.45) is 0 Å². The van der Waals surface area contributed by atoms with Gasteiger partial charge in [0.15, 0.2) is 11.7 Å². The van der Waals surface area contributed by atoms with Gasteiger partial charge in [0.05, 0.1) is 12.6 Å². The molecule has 0 saturated heterocycles. The van der Waals surface area contributed by atoms with E-state index in [4.69, 9.17) is 13.9 Å². The zero-order valence-electron chi connectivity index (χ0n) is 14.7. The average Bonchev–Trinajstić information content (AvgIpc) is 3.13. The maximum Gasteiger partial charge on any atom is 0.306 e. The summed E-state index contributed by atoms with van der Waals surface area (Å²) in [6.45, 7) is 2.54. The van der Waals surface area contributed by atoms with E-state index in [-0.39, 0.29) is 19.0 Å². The highest BCUT2D eigenvalue weighted by atomic mass is 16.6. The fraction of sp³-hybridized carbons (Fsp3) is 0.238. The Balaban J connectivity index is 1.37. The molecular weight excluding hydrogens is 330 g/mol. The second-order valence-electron chi connectivity index (χ2n) is 5.87. The minimum atomic E-state index is -0.294. The van der Waals surface area contributed by atoms with Crippen LogP contribution in [-0.2, 0) is 16.0 Å². The minimum Gasteiger partial charge on any atom is -0.490 e. The minimum absolute atomic E-state index is 0.216. The van der Waals surface area contributed by atoms with Crippen LogP contribution in [0.2, 0.25) is 0 Å². The lowest BCUT2D eigenvalue weighted by atomic mass is 10.2. The first-order chi connectivity index (χ1) is 12.7. The lowest BCUT2D eigenvalue weighted by Gasteiger charge is -2.07. The number of rotatable bonds is 8. The Morgan fingerprint density at radius 1 is 1.08 bits per heavy atom. The van der Waals surface area contributed by atoms with Gasteiger partial charge in [0.2, 0.25) is 0 Å². The van der Waals surface area contributed by atoms with Crippen LogP contribution in [0.4, 0.5) is 0 Å². The van der Waals surface area contributed by atoms with Crippen LogP contribution in [-0.4, -0.2) is 24.2 Å². The Labute approximate surface area is 152 Å². The predicted molar refractivity (Wildman–Crippen MR) is 97.9 cm³/mol. The number of carbonyl (C=O) groups excluding carboxylic acids is 1. The normalized spacial score (nSPS) is 10.5. The topological polar surface area (TPSA) is 61.6 Å². The monoisotopic (exact) mass is 351 g/mol. The SMILES string of the molecule is Cc1cccc(OCCOC(=O)CCc2ncc(-c3ccccc3)o2)c1. The standard InChI is InChI=1S/C21H21NO4/c1-16-6-5-9-18(14-16)24-12-13-25-21(23)11-10-20-22-15-19(26-20)17-7-3-2-4-8-17/h2-9,14-15H,10-13H2,1H3. The Morgan fingerprint density at radius 3 is 2.73 bits per heavy atom. The summed E-state index contributed by atoms with van der Waals surface area (Å²) >= 11 is 0. The predicted octanol–water partition coefficient (Wildman–Crippen LogP) is 4.20. The molecule has 0 atom stereocenters. The number of carbonyl (C=O) groups is 1. The third kappa shape index (κ3) is 5.21. The lowest BCUT2D eigenvalue weighted by molar-refractivity contribution is -0.144. The van der Waals surface area contributed by atoms with Crippen molar-refractivity contribution in [3.8, 4) is 17.1 Å². The van der Waals surface area contributed by atoms with Crippen molar-refractivity contribution < 1.29 is 18.7 Å². The van der Waals surface area contributed by atoms with Gasteiger partial charge in [-0.25, -0.2) is 4.98 Å². The third-order valence-corrected chi connectivity index (χ3v) is 3.76. The van der Waals surface area contributed by atoms with E-state index in [0.717, 1.165) is 16.9 Å². The molecule has 0 bridgehead atoms. The number of aryl methyl sites for hydroxylation is 2. The molecule has 2 aromatic carbocycles. The molecule has 3 aromatic rings. The second-order valence-corrected chi connectivity index (χ2v) is 5.87. The average molecular weight is 351 g/mol. The van der Waals surface area contributed by atoms with Crippen LogP contribution in [0.1, 0.15) is 17.9 Å². The molecule has 0 fully saturated rings. The zero-order chi connectivity index (χ0) is 18.2. The van der Waals surface area contributed by atoms with Gasteiger partial charge in [-0.3, -0.25) is 4.79 Å². The molecule has 0 aliphatic rings. The fourth-order valence-corrected chi connectivity index (χ4v) is 2.46. The Bertz CT molecular complexity index is 842. The first-order valence-corrected chi connectivity index (χ1v) is 8.56. The van der Waals surface area contributed by atoms with Crippen molar-refractivity contribution in [2.75, 3.05) is 13.2 Å². The summed E-state index contributed by atoms with van der Waals surface area (Å²) in [6, 6.07) is 17.5. The number of hydrogen-bond donors (Lipinski definition) is 0. The molecule has 134 valence electrons. The largest absolute Gasteiger partial charge is 0.490 e. The number of ether oxygens (including phenoxy) is 2. The van der Waals surface area contributed by atoms with Gasteiger partial charge in [-0.05, 0) is 24.6 Å². The quantitative estimate of drug-likeness (QED) is 0.449. The summed E-state index contributed by atoms with van der Waals surface area (Å²) in [5.41, 5.74) is 2.09. The van der Waals surface area contributed by atoms with Crippen LogP contribution in [0.5, 0.6) is 5.75 Å². The van der Waals surface area contributed by atoms with E-state index in [9.17, 15) is 4.79 Å². The second kappa shape index (κ2) is 8.85. The molecule has 0 saturated carbocycles. The van der Waals surface area contributed by atoms with E-state index in [2.05, 4.69) is 4.98 Å². The van der Waals surface area contributed by atoms with Crippen molar-refractivity contribution in [3.63, 3.8) is 0 Å². The first-order valence-electron chi connectivity index (χ1n) is 8.56. The highest BCUT2D eigenvalue weighted by molar-refractivity contribution is 5.69. The van der Waals surface area contributed by atoms with Crippen molar-refractivity contribution in [3.05, 3.63) is 72.2 Å². The van der Waals surface area contributed by atoms with E-state index < -0.39 is 0 Å². The number of hydrogen-bond acceptors (Lipinski definition) is 5. The molecule has 0 unspecified atom stereocenters. The zero-order valence-corrected chi connectivity index (χ0v) is 14.7. The van der Waals surface area contributed by atoms with Gasteiger partial charge in [-0.15, -0.1) is 0 Å². The number of nitrogens with zero attached hydrogens (tertiary/aromatic N) is 1. The molecule has 26 heavy (non-hydrogen) atoms. The summed E-state index contributed by atoms with van der Waals surface area (Å²) in [5, 5.41) is 0. The summed E-state index contributed by atoms with van der Waals surface area (Å²) < 4.78 is 16.4. The van der Waals surface area contributed by atoms with Crippen molar-refractivity contribution in [1.82, 2.24) is 4.98 Å². The van der Waals surface area contributed by atoms with Gasteiger partial charge < -0.3 is 13.9 Å². The van der Waals surface area contributed by atoms with Crippen molar-refractivity contribution >= 4 is 5.97 Å². The van der Waals surface area contributed by atoms with E-state index in [1.807, 2.05) is 61.5 Å². The number of oxazole rings is 1. The third-order valence-electron chi connectivity index (χ3n) is 3.76. The molecule has 5 nitrogen and oxygen atoms in total. The summed E-state index contributed by atoms with van der Waals surface area (Å²) in [7, 11) is 0. The molecule has 0 radical (unpaired) electrons. The molecule has 1 aromatic heterocycles. The molecule has 3 rings (SSSR count). The Hall–Kier alpha value is -3.08. The van der Waals surface area contributed by atoms with Crippen LogP contribution < -0.4 is 4.74 Å². The highest BCUT2D eigenvalue weighted by Crippen LogP contribution is 2.20. The van der Waals surface area contributed by atoms with Crippen molar-refractivity contribution in [2.45, 2.75) is 19.8 Å². The molecule has 0 spiro atoms. The Kier molecular flexibility index (Phi) is 6.04. The van der Waals surface area contributed by atoms with Crippen LogP contribution >= 0.6 is 0 Å². The molecule has 0 amide bonds. The van der Waals surface area contributed by atoms with Gasteiger partial charge in [0, 0.05) is 12.0 Å². The molecule has 0 N–H and O–H groups in total.